The fourth-order valence-electron chi connectivity index (χ4n) is 1.47. The standard InChI is InChI=1S/C13H18ClN3O2/c1-9(10-4-3-5-11(14)6-10)16-8-13(19)17-7-12(18)15-2/h3-6,9,16H,7-8H2,1-2H3,(H,15,18)(H,17,19)/t9-/m0/s1. The van der Waals surface area contributed by atoms with E-state index in [-0.39, 0.29) is 30.9 Å². The first kappa shape index (κ1) is 15.5. The number of nitrogens with one attached hydrogen (secondary N) is 3. The van der Waals surface area contributed by atoms with Crippen molar-refractivity contribution in [1.29, 1.82) is 0 Å². The summed E-state index contributed by atoms with van der Waals surface area (Å²) in [6.45, 7) is 2.07. The number of rotatable bonds is 6. The first-order valence-corrected chi connectivity index (χ1v) is 6.37. The number of carbonyl (C=O) groups is 2. The summed E-state index contributed by atoms with van der Waals surface area (Å²) >= 11 is 5.90. The summed E-state index contributed by atoms with van der Waals surface area (Å²) in [7, 11) is 1.52. The van der Waals surface area contributed by atoms with E-state index in [0.29, 0.717) is 5.02 Å². The zero-order valence-electron chi connectivity index (χ0n) is 11.0. The van der Waals surface area contributed by atoms with Crippen molar-refractivity contribution in [2.24, 2.45) is 0 Å². The molecule has 0 saturated heterocycles. The molecule has 3 N–H and O–H groups in total. The molecule has 0 radical (unpaired) electrons. The predicted octanol–water partition coefficient (Wildman–Crippen LogP) is 0.853. The van der Waals surface area contributed by atoms with Crippen LogP contribution in [0.4, 0.5) is 0 Å². The Labute approximate surface area is 117 Å². The van der Waals surface area contributed by atoms with Crippen LogP contribution in [-0.4, -0.2) is 32.0 Å². The van der Waals surface area contributed by atoms with Gasteiger partial charge in [-0.3, -0.25) is 9.59 Å². The molecule has 0 heterocycles. The van der Waals surface area contributed by atoms with E-state index in [1.807, 2.05) is 25.1 Å². The molecule has 104 valence electrons. The number of amides is 2. The van der Waals surface area contributed by atoms with Crippen molar-refractivity contribution in [2.45, 2.75) is 13.0 Å². The predicted molar refractivity (Wildman–Crippen MR) is 74.9 cm³/mol. The average molecular weight is 284 g/mol. The lowest BCUT2D eigenvalue weighted by Gasteiger charge is -2.14. The van der Waals surface area contributed by atoms with Crippen molar-refractivity contribution < 1.29 is 9.59 Å². The average Bonchev–Trinajstić information content (AvgIpc) is 2.41. The van der Waals surface area contributed by atoms with Crippen molar-refractivity contribution in [3.63, 3.8) is 0 Å². The highest BCUT2D eigenvalue weighted by molar-refractivity contribution is 6.30. The molecule has 0 unspecified atom stereocenters. The highest BCUT2D eigenvalue weighted by Gasteiger charge is 2.08. The number of likely N-dealkylation sites (N-methyl/N-ethyl adjacent to an activating group) is 1. The smallest absolute Gasteiger partial charge is 0.239 e. The molecule has 0 fully saturated rings. The van der Waals surface area contributed by atoms with Gasteiger partial charge in [-0.2, -0.15) is 0 Å². The van der Waals surface area contributed by atoms with Gasteiger partial charge in [-0.1, -0.05) is 23.7 Å². The summed E-state index contributed by atoms with van der Waals surface area (Å²) in [5.74, 6) is -0.450. The van der Waals surface area contributed by atoms with Gasteiger partial charge in [-0.25, -0.2) is 0 Å². The number of hydrogen-bond donors (Lipinski definition) is 3. The highest BCUT2D eigenvalue weighted by Crippen LogP contribution is 2.16. The summed E-state index contributed by atoms with van der Waals surface area (Å²) in [6, 6.07) is 7.45. The molecule has 19 heavy (non-hydrogen) atoms. The number of carbonyl (C=O) groups excluding carboxylic acids is 2. The van der Waals surface area contributed by atoms with Crippen LogP contribution in [-0.2, 0) is 9.59 Å². The third-order valence-corrected chi connectivity index (χ3v) is 2.88. The van der Waals surface area contributed by atoms with Crippen molar-refractivity contribution in [3.05, 3.63) is 34.9 Å². The Kier molecular flexibility index (Phi) is 6.32. The fraction of sp³-hybridized carbons (Fsp3) is 0.385. The van der Waals surface area contributed by atoms with Crippen LogP contribution < -0.4 is 16.0 Å². The van der Waals surface area contributed by atoms with Crippen molar-refractivity contribution in [3.8, 4) is 0 Å². The summed E-state index contributed by atoms with van der Waals surface area (Å²) < 4.78 is 0. The maximum atomic E-state index is 11.5. The third kappa shape index (κ3) is 5.72. The Morgan fingerprint density at radius 3 is 2.63 bits per heavy atom. The largest absolute Gasteiger partial charge is 0.358 e. The van der Waals surface area contributed by atoms with E-state index in [4.69, 9.17) is 11.6 Å². The first-order chi connectivity index (χ1) is 9.02. The molecule has 1 aromatic rings. The Hall–Kier alpha value is -1.59. The normalized spacial score (nSPS) is 11.7. The van der Waals surface area contributed by atoms with Gasteiger partial charge >= 0.3 is 0 Å². The van der Waals surface area contributed by atoms with E-state index < -0.39 is 0 Å². The maximum absolute atomic E-state index is 11.5. The Balaban J connectivity index is 2.35. The van der Waals surface area contributed by atoms with Crippen LogP contribution in [0.25, 0.3) is 0 Å². The van der Waals surface area contributed by atoms with E-state index in [1.54, 1.807) is 6.07 Å². The van der Waals surface area contributed by atoms with Crippen LogP contribution in [0.15, 0.2) is 24.3 Å². The molecule has 0 saturated carbocycles. The second-order valence-electron chi connectivity index (χ2n) is 4.11. The number of benzene rings is 1. The van der Waals surface area contributed by atoms with Crippen LogP contribution in [0.5, 0.6) is 0 Å². The zero-order chi connectivity index (χ0) is 14.3. The Morgan fingerprint density at radius 2 is 2.00 bits per heavy atom. The lowest BCUT2D eigenvalue weighted by Crippen LogP contribution is -2.40. The third-order valence-electron chi connectivity index (χ3n) is 2.64. The van der Waals surface area contributed by atoms with E-state index in [1.165, 1.54) is 7.05 Å². The minimum Gasteiger partial charge on any atom is -0.358 e. The van der Waals surface area contributed by atoms with Gasteiger partial charge in [0.2, 0.25) is 11.8 Å². The van der Waals surface area contributed by atoms with E-state index in [2.05, 4.69) is 16.0 Å². The fourth-order valence-corrected chi connectivity index (χ4v) is 1.67. The molecule has 1 aromatic carbocycles. The second kappa shape index (κ2) is 7.76. The van der Waals surface area contributed by atoms with E-state index in [9.17, 15) is 9.59 Å². The maximum Gasteiger partial charge on any atom is 0.239 e. The van der Waals surface area contributed by atoms with Crippen LogP contribution in [0.3, 0.4) is 0 Å². The molecular formula is C13H18ClN3O2. The molecule has 0 aliphatic heterocycles. The van der Waals surface area contributed by atoms with Gasteiger partial charge in [0.1, 0.15) is 0 Å². The molecule has 0 aliphatic rings. The molecule has 6 heteroatoms. The summed E-state index contributed by atoms with van der Waals surface area (Å²) in [5, 5.41) is 8.67. The molecule has 0 aromatic heterocycles. The molecule has 0 bridgehead atoms. The van der Waals surface area contributed by atoms with Gasteiger partial charge in [0.15, 0.2) is 0 Å². The number of halogens is 1. The molecule has 2 amide bonds. The molecule has 1 rings (SSSR count). The van der Waals surface area contributed by atoms with Crippen LogP contribution in [0, 0.1) is 0 Å². The Bertz CT molecular complexity index is 451. The topological polar surface area (TPSA) is 70.2 Å². The minimum absolute atomic E-state index is 0.00412. The van der Waals surface area contributed by atoms with E-state index >= 15 is 0 Å². The van der Waals surface area contributed by atoms with Crippen LogP contribution in [0.2, 0.25) is 5.02 Å². The molecular weight excluding hydrogens is 266 g/mol. The van der Waals surface area contributed by atoms with Crippen LogP contribution >= 0.6 is 11.6 Å². The summed E-state index contributed by atoms with van der Waals surface area (Å²) in [4.78, 5) is 22.4. The second-order valence-corrected chi connectivity index (χ2v) is 4.54. The van der Waals surface area contributed by atoms with Gasteiger partial charge in [-0.05, 0) is 24.6 Å². The SMILES string of the molecule is CNC(=O)CNC(=O)CN[C@@H](C)c1cccc(Cl)c1. The van der Waals surface area contributed by atoms with Gasteiger partial charge in [-0.15, -0.1) is 0 Å². The summed E-state index contributed by atoms with van der Waals surface area (Å²) in [6.07, 6.45) is 0. The lowest BCUT2D eigenvalue weighted by molar-refractivity contribution is -0.125. The number of hydrogen-bond acceptors (Lipinski definition) is 3. The van der Waals surface area contributed by atoms with E-state index in [0.717, 1.165) is 5.56 Å². The minimum atomic E-state index is -0.226. The van der Waals surface area contributed by atoms with Crippen molar-refractivity contribution in [2.75, 3.05) is 20.1 Å². The van der Waals surface area contributed by atoms with Gasteiger partial charge < -0.3 is 16.0 Å². The highest BCUT2D eigenvalue weighted by atomic mass is 35.5. The van der Waals surface area contributed by atoms with Gasteiger partial charge in [0.25, 0.3) is 0 Å². The Morgan fingerprint density at radius 1 is 1.26 bits per heavy atom. The molecule has 5 nitrogen and oxygen atoms in total. The summed E-state index contributed by atoms with van der Waals surface area (Å²) in [5.41, 5.74) is 1.01. The zero-order valence-corrected chi connectivity index (χ0v) is 11.8. The van der Waals surface area contributed by atoms with Crippen molar-refractivity contribution in [1.82, 2.24) is 16.0 Å². The van der Waals surface area contributed by atoms with Crippen LogP contribution in [0.1, 0.15) is 18.5 Å². The molecule has 0 aliphatic carbocycles. The van der Waals surface area contributed by atoms with Crippen molar-refractivity contribution >= 4 is 23.4 Å². The quantitative estimate of drug-likeness (QED) is 0.725. The molecule has 0 spiro atoms. The lowest BCUT2D eigenvalue weighted by atomic mass is 10.1. The van der Waals surface area contributed by atoms with Gasteiger partial charge in [0, 0.05) is 18.1 Å². The van der Waals surface area contributed by atoms with Gasteiger partial charge in [0.05, 0.1) is 13.1 Å². The first-order valence-electron chi connectivity index (χ1n) is 5.99. The molecule has 1 atom stereocenters. The monoisotopic (exact) mass is 283 g/mol.